The number of carboxylic acids is 1. The maximum absolute atomic E-state index is 11.8. The molecule has 0 unspecified atom stereocenters. The van der Waals surface area contributed by atoms with Gasteiger partial charge in [0, 0.05) is 0 Å². The Morgan fingerprint density at radius 1 is 1.50 bits per heavy atom. The molecule has 10 heteroatoms. The molecule has 0 aliphatic rings. The number of sulfone groups is 1. The van der Waals surface area contributed by atoms with Gasteiger partial charge in [-0.05, 0) is 28.4 Å². The van der Waals surface area contributed by atoms with Crippen LogP contribution in [0.3, 0.4) is 0 Å². The van der Waals surface area contributed by atoms with Crippen molar-refractivity contribution in [3.8, 4) is 0 Å². The molecule has 0 spiro atoms. The summed E-state index contributed by atoms with van der Waals surface area (Å²) in [6.45, 7) is 0. The quantitative estimate of drug-likeness (QED) is 0.870. The van der Waals surface area contributed by atoms with Crippen LogP contribution in [-0.2, 0) is 9.84 Å². The monoisotopic (exact) mass is 361 g/mol. The minimum atomic E-state index is -3.85. The molecule has 18 heavy (non-hydrogen) atoms. The highest BCUT2D eigenvalue weighted by Gasteiger charge is 2.23. The van der Waals surface area contributed by atoms with E-state index in [4.69, 9.17) is 5.11 Å². The molecule has 0 saturated carbocycles. The molecule has 0 aliphatic heterocycles. The van der Waals surface area contributed by atoms with Crippen LogP contribution in [0, 0.1) is 0 Å². The van der Waals surface area contributed by atoms with Crippen LogP contribution in [0.15, 0.2) is 20.3 Å². The molecule has 1 aromatic rings. The maximum Gasteiger partial charge on any atom is 0.356 e. The van der Waals surface area contributed by atoms with E-state index in [0.29, 0.717) is 17.4 Å². The van der Waals surface area contributed by atoms with Crippen molar-refractivity contribution in [1.82, 2.24) is 4.98 Å². The molecule has 1 rings (SSSR count). The average Bonchev–Trinajstić information content (AvgIpc) is 2.60. The van der Waals surface area contributed by atoms with E-state index in [2.05, 4.69) is 20.9 Å². The lowest BCUT2D eigenvalue weighted by Gasteiger charge is -1.96. The van der Waals surface area contributed by atoms with Crippen molar-refractivity contribution in [1.29, 1.82) is 0 Å². The Morgan fingerprint density at radius 3 is 2.56 bits per heavy atom. The van der Waals surface area contributed by atoms with Crippen molar-refractivity contribution >= 4 is 43.1 Å². The molecule has 0 aromatic carbocycles. The predicted molar refractivity (Wildman–Crippen MR) is 63.7 cm³/mol. The summed E-state index contributed by atoms with van der Waals surface area (Å²) >= 11 is 3.52. The molecule has 1 N–H and O–H groups in total. The van der Waals surface area contributed by atoms with Crippen molar-refractivity contribution in [3.63, 3.8) is 0 Å². The molecule has 0 radical (unpaired) electrons. The van der Waals surface area contributed by atoms with E-state index in [1.807, 2.05) is 0 Å². The van der Waals surface area contributed by atoms with Gasteiger partial charge < -0.3 is 5.11 Å². The Balaban J connectivity index is 2.96. The zero-order valence-electron chi connectivity index (χ0n) is 8.56. The highest BCUT2D eigenvalue weighted by atomic mass is 79.9. The number of nitrogens with zero attached hydrogens (tertiary/aromatic N) is 1. The number of rotatable bonds is 5. The summed E-state index contributed by atoms with van der Waals surface area (Å²) in [4.78, 5) is 14.1. The highest BCUT2D eigenvalue weighted by Crippen LogP contribution is 2.28. The summed E-state index contributed by atoms with van der Waals surface area (Å²) in [6, 6.07) is 0. The first-order chi connectivity index (χ1) is 8.24. The van der Waals surface area contributed by atoms with Crippen LogP contribution in [0.4, 0.5) is 8.78 Å². The third kappa shape index (κ3) is 3.82. The van der Waals surface area contributed by atoms with Crippen molar-refractivity contribution in [2.24, 2.45) is 0 Å². The van der Waals surface area contributed by atoms with Gasteiger partial charge in [-0.3, -0.25) is 0 Å². The normalized spacial score (nSPS) is 11.3. The minimum absolute atomic E-state index is 0.0702. The third-order valence-electron chi connectivity index (χ3n) is 1.72. The SMILES string of the molecule is O=C(O)c1nc(S(=O)(=O)CCC=C(F)F)sc1Br. The Hall–Kier alpha value is -0.870. The maximum atomic E-state index is 11.8. The fraction of sp³-hybridized carbons (Fsp3) is 0.250. The van der Waals surface area contributed by atoms with Gasteiger partial charge in [0.25, 0.3) is 6.08 Å². The van der Waals surface area contributed by atoms with E-state index in [1.54, 1.807) is 0 Å². The molecular weight excluding hydrogens is 356 g/mol. The summed E-state index contributed by atoms with van der Waals surface area (Å²) in [5.41, 5.74) is -0.411. The van der Waals surface area contributed by atoms with Gasteiger partial charge in [0.2, 0.25) is 14.2 Å². The fourth-order valence-corrected chi connectivity index (χ4v) is 4.36. The van der Waals surface area contributed by atoms with Crippen molar-refractivity contribution < 1.29 is 27.1 Å². The van der Waals surface area contributed by atoms with Gasteiger partial charge in [-0.2, -0.15) is 8.78 Å². The number of hydrogen-bond acceptors (Lipinski definition) is 5. The van der Waals surface area contributed by atoms with E-state index in [0.717, 1.165) is 0 Å². The Morgan fingerprint density at radius 2 is 2.11 bits per heavy atom. The molecular formula is C8H6BrF2NO4S2. The number of carboxylic acid groups (broad SMARTS) is 1. The lowest BCUT2D eigenvalue weighted by atomic mass is 10.5. The van der Waals surface area contributed by atoms with Crippen LogP contribution in [0.1, 0.15) is 16.9 Å². The van der Waals surface area contributed by atoms with Gasteiger partial charge in [0.1, 0.15) is 3.79 Å². The van der Waals surface area contributed by atoms with Gasteiger partial charge in [-0.15, -0.1) is 0 Å². The largest absolute Gasteiger partial charge is 0.476 e. The zero-order valence-corrected chi connectivity index (χ0v) is 11.8. The predicted octanol–water partition coefficient (Wildman–Crippen LogP) is 2.55. The van der Waals surface area contributed by atoms with Crippen LogP contribution in [0.2, 0.25) is 0 Å². The first-order valence-corrected chi connectivity index (χ1v) is 7.63. The second-order valence-electron chi connectivity index (χ2n) is 3.01. The molecule has 0 bridgehead atoms. The topological polar surface area (TPSA) is 84.3 Å². The smallest absolute Gasteiger partial charge is 0.356 e. The Kier molecular flexibility index (Phi) is 4.93. The standard InChI is InChI=1S/C8H6BrF2NO4S2/c9-6-5(7(13)14)12-8(17-6)18(15,16)3-1-2-4(10)11/h2H,1,3H2,(H,13,14). The van der Waals surface area contributed by atoms with Crippen LogP contribution in [0.5, 0.6) is 0 Å². The molecule has 100 valence electrons. The number of halogens is 3. The second-order valence-corrected chi connectivity index (χ2v) is 7.61. The third-order valence-corrected chi connectivity index (χ3v) is 5.63. The van der Waals surface area contributed by atoms with Crippen LogP contribution in [-0.4, -0.2) is 30.2 Å². The number of hydrogen-bond donors (Lipinski definition) is 1. The molecule has 1 heterocycles. The fourth-order valence-electron chi connectivity index (χ4n) is 0.958. The van der Waals surface area contributed by atoms with Gasteiger partial charge in [-0.1, -0.05) is 11.3 Å². The van der Waals surface area contributed by atoms with Gasteiger partial charge in [0.05, 0.1) is 5.75 Å². The summed E-state index contributed by atoms with van der Waals surface area (Å²) in [5.74, 6) is -1.92. The number of aromatic nitrogens is 1. The molecule has 0 saturated heterocycles. The molecule has 0 aliphatic carbocycles. The summed E-state index contributed by atoms with van der Waals surface area (Å²) < 4.78 is 46.5. The summed E-state index contributed by atoms with van der Waals surface area (Å²) in [5, 5.41) is 8.70. The second kappa shape index (κ2) is 5.85. The molecule has 5 nitrogen and oxygen atoms in total. The lowest BCUT2D eigenvalue weighted by Crippen LogP contribution is -2.07. The van der Waals surface area contributed by atoms with Crippen molar-refractivity contribution in [3.05, 3.63) is 21.6 Å². The summed E-state index contributed by atoms with van der Waals surface area (Å²) in [7, 11) is -3.85. The van der Waals surface area contributed by atoms with Crippen LogP contribution < -0.4 is 0 Å². The van der Waals surface area contributed by atoms with Crippen molar-refractivity contribution in [2.45, 2.75) is 10.8 Å². The number of thiazole rings is 1. The van der Waals surface area contributed by atoms with Crippen LogP contribution in [0.25, 0.3) is 0 Å². The molecule has 0 amide bonds. The Bertz CT molecular complexity index is 592. The minimum Gasteiger partial charge on any atom is -0.476 e. The van der Waals surface area contributed by atoms with E-state index < -0.39 is 37.7 Å². The number of aromatic carboxylic acids is 1. The van der Waals surface area contributed by atoms with Gasteiger partial charge >= 0.3 is 5.97 Å². The van der Waals surface area contributed by atoms with Crippen LogP contribution >= 0.6 is 27.3 Å². The van der Waals surface area contributed by atoms with E-state index in [-0.39, 0.29) is 10.2 Å². The van der Waals surface area contributed by atoms with Gasteiger partial charge in [0.15, 0.2) is 5.69 Å². The zero-order chi connectivity index (χ0) is 13.9. The van der Waals surface area contributed by atoms with Gasteiger partial charge in [-0.25, -0.2) is 18.2 Å². The van der Waals surface area contributed by atoms with E-state index in [1.165, 1.54) is 0 Å². The average molecular weight is 362 g/mol. The molecule has 0 fully saturated rings. The first-order valence-electron chi connectivity index (χ1n) is 4.37. The molecule has 0 atom stereocenters. The first kappa shape index (κ1) is 15.2. The molecule has 1 aromatic heterocycles. The number of carbonyl (C=O) groups is 1. The summed E-state index contributed by atoms with van der Waals surface area (Å²) in [6.07, 6.45) is -1.83. The Labute approximate surface area is 113 Å². The number of allylic oxidation sites excluding steroid dienone is 1. The van der Waals surface area contributed by atoms with E-state index in [9.17, 15) is 22.0 Å². The highest BCUT2D eigenvalue weighted by molar-refractivity contribution is 9.11. The van der Waals surface area contributed by atoms with E-state index >= 15 is 0 Å². The lowest BCUT2D eigenvalue weighted by molar-refractivity contribution is 0.0690. The van der Waals surface area contributed by atoms with Crippen molar-refractivity contribution in [2.75, 3.05) is 5.75 Å².